The van der Waals surface area contributed by atoms with Crippen LogP contribution >= 0.6 is 0 Å². The highest BCUT2D eigenvalue weighted by Crippen LogP contribution is 2.28. The van der Waals surface area contributed by atoms with E-state index < -0.39 is 17.5 Å². The number of halogens is 3. The molecule has 0 radical (unpaired) electrons. The second-order valence-corrected chi connectivity index (χ2v) is 4.43. The third-order valence-electron chi connectivity index (χ3n) is 3.07. The smallest absolute Gasteiger partial charge is 0.194 e. The third-order valence-corrected chi connectivity index (χ3v) is 3.07. The van der Waals surface area contributed by atoms with E-state index in [1.54, 1.807) is 0 Å². The Labute approximate surface area is 92.7 Å². The van der Waals surface area contributed by atoms with Crippen LogP contribution in [0.4, 0.5) is 13.2 Å². The van der Waals surface area contributed by atoms with Crippen molar-refractivity contribution in [3.05, 3.63) is 35.1 Å². The topological polar surface area (TPSA) is 12.0 Å². The van der Waals surface area contributed by atoms with Crippen LogP contribution in [0.1, 0.15) is 31.4 Å². The van der Waals surface area contributed by atoms with Crippen LogP contribution in [0.5, 0.6) is 0 Å². The standard InChI is InChI=1S/C12H14F3N/c1-7-2-3-16-11(4-7)8-5-9(13)12(15)10(14)6-8/h5-7,11,16H,2-4H2,1H3. The van der Waals surface area contributed by atoms with Crippen molar-refractivity contribution in [3.8, 4) is 0 Å². The fraction of sp³-hybridized carbons (Fsp3) is 0.500. The van der Waals surface area contributed by atoms with Crippen LogP contribution in [-0.4, -0.2) is 6.54 Å². The van der Waals surface area contributed by atoms with Gasteiger partial charge < -0.3 is 5.32 Å². The highest BCUT2D eigenvalue weighted by Gasteiger charge is 2.22. The molecule has 0 aromatic heterocycles. The Morgan fingerprint density at radius 1 is 1.19 bits per heavy atom. The van der Waals surface area contributed by atoms with Gasteiger partial charge in [-0.1, -0.05) is 6.92 Å². The molecule has 1 heterocycles. The lowest BCUT2D eigenvalue weighted by Gasteiger charge is -2.28. The SMILES string of the molecule is CC1CCNC(c2cc(F)c(F)c(F)c2)C1. The van der Waals surface area contributed by atoms with Gasteiger partial charge in [-0.25, -0.2) is 13.2 Å². The molecule has 4 heteroatoms. The summed E-state index contributed by atoms with van der Waals surface area (Å²) in [6.07, 6.45) is 1.88. The largest absolute Gasteiger partial charge is 0.310 e. The van der Waals surface area contributed by atoms with Crippen molar-refractivity contribution in [3.63, 3.8) is 0 Å². The number of benzene rings is 1. The Balaban J connectivity index is 2.26. The van der Waals surface area contributed by atoms with Gasteiger partial charge >= 0.3 is 0 Å². The Morgan fingerprint density at radius 2 is 1.81 bits per heavy atom. The van der Waals surface area contributed by atoms with Crippen molar-refractivity contribution in [1.29, 1.82) is 0 Å². The molecule has 2 rings (SSSR count). The van der Waals surface area contributed by atoms with Crippen molar-refractivity contribution in [2.75, 3.05) is 6.54 Å². The minimum absolute atomic E-state index is 0.0756. The summed E-state index contributed by atoms with van der Waals surface area (Å²) in [4.78, 5) is 0. The Hall–Kier alpha value is -1.03. The average Bonchev–Trinajstić information content (AvgIpc) is 2.25. The maximum atomic E-state index is 13.0. The predicted octanol–water partition coefficient (Wildman–Crippen LogP) is 3.16. The molecule has 1 nitrogen and oxygen atoms in total. The molecule has 0 spiro atoms. The number of piperidine rings is 1. The van der Waals surface area contributed by atoms with E-state index in [0.717, 1.165) is 31.5 Å². The highest BCUT2D eigenvalue weighted by molar-refractivity contribution is 5.23. The van der Waals surface area contributed by atoms with Gasteiger partial charge in [0.25, 0.3) is 0 Å². The Bertz CT molecular complexity index is 369. The van der Waals surface area contributed by atoms with Crippen molar-refractivity contribution in [2.24, 2.45) is 5.92 Å². The van der Waals surface area contributed by atoms with Crippen molar-refractivity contribution < 1.29 is 13.2 Å². The molecule has 1 saturated heterocycles. The number of hydrogen-bond donors (Lipinski definition) is 1. The highest BCUT2D eigenvalue weighted by atomic mass is 19.2. The van der Waals surface area contributed by atoms with Crippen molar-refractivity contribution >= 4 is 0 Å². The molecule has 1 aromatic rings. The van der Waals surface area contributed by atoms with E-state index in [4.69, 9.17) is 0 Å². The number of hydrogen-bond acceptors (Lipinski definition) is 1. The fourth-order valence-corrected chi connectivity index (χ4v) is 2.14. The van der Waals surface area contributed by atoms with E-state index in [0.29, 0.717) is 11.5 Å². The molecule has 1 aromatic carbocycles. The molecule has 0 bridgehead atoms. The van der Waals surface area contributed by atoms with E-state index in [9.17, 15) is 13.2 Å². The van der Waals surface area contributed by atoms with E-state index in [-0.39, 0.29) is 6.04 Å². The van der Waals surface area contributed by atoms with Gasteiger partial charge in [0.1, 0.15) is 0 Å². The van der Waals surface area contributed by atoms with Gasteiger partial charge in [0.2, 0.25) is 0 Å². The van der Waals surface area contributed by atoms with Crippen LogP contribution in [0.25, 0.3) is 0 Å². The molecule has 16 heavy (non-hydrogen) atoms. The summed E-state index contributed by atoms with van der Waals surface area (Å²) >= 11 is 0. The van der Waals surface area contributed by atoms with Crippen molar-refractivity contribution in [1.82, 2.24) is 5.32 Å². The second kappa shape index (κ2) is 4.45. The van der Waals surface area contributed by atoms with E-state index in [1.165, 1.54) is 0 Å². The molecule has 1 N–H and O–H groups in total. The first-order valence-corrected chi connectivity index (χ1v) is 5.45. The van der Waals surface area contributed by atoms with Gasteiger partial charge in [-0.15, -0.1) is 0 Å². The molecule has 0 aliphatic carbocycles. The lowest BCUT2D eigenvalue weighted by Crippen LogP contribution is -2.30. The summed E-state index contributed by atoms with van der Waals surface area (Å²) in [6.45, 7) is 2.93. The number of nitrogens with one attached hydrogen (secondary N) is 1. The third kappa shape index (κ3) is 2.21. The molecule has 1 aliphatic heterocycles. The number of rotatable bonds is 1. The zero-order chi connectivity index (χ0) is 11.7. The maximum absolute atomic E-state index is 13.0. The summed E-state index contributed by atoms with van der Waals surface area (Å²) < 4.78 is 38.9. The maximum Gasteiger partial charge on any atom is 0.194 e. The van der Waals surface area contributed by atoms with Crippen LogP contribution in [0.2, 0.25) is 0 Å². The normalized spacial score (nSPS) is 25.8. The summed E-state index contributed by atoms with van der Waals surface area (Å²) in [6, 6.07) is 2.08. The Morgan fingerprint density at radius 3 is 2.38 bits per heavy atom. The minimum atomic E-state index is -1.40. The fourth-order valence-electron chi connectivity index (χ4n) is 2.14. The van der Waals surface area contributed by atoms with E-state index in [1.807, 2.05) is 0 Å². The molecule has 88 valence electrons. The summed E-state index contributed by atoms with van der Waals surface area (Å²) in [7, 11) is 0. The van der Waals surface area contributed by atoms with Crippen molar-refractivity contribution in [2.45, 2.75) is 25.8 Å². The summed E-state index contributed by atoms with van der Waals surface area (Å²) in [5, 5.41) is 3.18. The molecule has 2 atom stereocenters. The van der Waals surface area contributed by atoms with E-state index in [2.05, 4.69) is 12.2 Å². The molecular formula is C12H14F3N. The molecule has 0 saturated carbocycles. The van der Waals surface area contributed by atoms with Crippen LogP contribution in [0, 0.1) is 23.4 Å². The molecule has 0 amide bonds. The predicted molar refractivity (Wildman–Crippen MR) is 55.5 cm³/mol. The molecule has 1 aliphatic rings. The van der Waals surface area contributed by atoms with Crippen LogP contribution in [0.3, 0.4) is 0 Å². The monoisotopic (exact) mass is 229 g/mol. The van der Waals surface area contributed by atoms with Crippen LogP contribution in [0.15, 0.2) is 12.1 Å². The van der Waals surface area contributed by atoms with Gasteiger partial charge in [-0.05, 0) is 43.0 Å². The molecule has 1 fully saturated rings. The van der Waals surface area contributed by atoms with Crippen LogP contribution in [-0.2, 0) is 0 Å². The zero-order valence-electron chi connectivity index (χ0n) is 9.06. The second-order valence-electron chi connectivity index (χ2n) is 4.43. The van der Waals surface area contributed by atoms with Gasteiger partial charge in [0.05, 0.1) is 0 Å². The van der Waals surface area contributed by atoms with Gasteiger partial charge in [-0.3, -0.25) is 0 Å². The first-order chi connectivity index (χ1) is 7.58. The van der Waals surface area contributed by atoms with Gasteiger partial charge in [-0.2, -0.15) is 0 Å². The van der Waals surface area contributed by atoms with Gasteiger partial charge in [0, 0.05) is 6.04 Å². The summed E-state index contributed by atoms with van der Waals surface area (Å²) in [5.74, 6) is -3.11. The van der Waals surface area contributed by atoms with Gasteiger partial charge in [0.15, 0.2) is 17.5 Å². The van der Waals surface area contributed by atoms with E-state index >= 15 is 0 Å². The Kier molecular flexibility index (Phi) is 3.19. The summed E-state index contributed by atoms with van der Waals surface area (Å²) in [5.41, 5.74) is 0.489. The quantitative estimate of drug-likeness (QED) is 0.729. The lowest BCUT2D eigenvalue weighted by molar-refractivity contribution is 0.322. The molecule has 2 unspecified atom stereocenters. The van der Waals surface area contributed by atoms with Crippen LogP contribution < -0.4 is 5.32 Å². The molecular weight excluding hydrogens is 215 g/mol. The zero-order valence-corrected chi connectivity index (χ0v) is 9.06. The average molecular weight is 229 g/mol. The first-order valence-electron chi connectivity index (χ1n) is 5.45. The lowest BCUT2D eigenvalue weighted by atomic mass is 9.90. The minimum Gasteiger partial charge on any atom is -0.310 e. The first kappa shape index (κ1) is 11.5.